The van der Waals surface area contributed by atoms with Crippen molar-refractivity contribution in [3.8, 4) is 11.4 Å². The van der Waals surface area contributed by atoms with Crippen molar-refractivity contribution >= 4 is 28.4 Å². The van der Waals surface area contributed by atoms with E-state index < -0.39 is 0 Å². The Balaban J connectivity index is 2.55. The number of nitrogens with two attached hydrogens (primary N) is 1. The van der Waals surface area contributed by atoms with Crippen LogP contribution in [-0.4, -0.2) is 19.7 Å². The summed E-state index contributed by atoms with van der Waals surface area (Å²) in [6.45, 7) is 4.21. The molecule has 2 rings (SSSR count). The van der Waals surface area contributed by atoms with Crippen LogP contribution in [0.15, 0.2) is 6.20 Å². The predicted molar refractivity (Wildman–Crippen MR) is 84.7 cm³/mol. The van der Waals surface area contributed by atoms with Gasteiger partial charge in [-0.05, 0) is 35.4 Å². The molecule has 0 spiro atoms. The Hall–Kier alpha value is -1.18. The molecule has 2 aromatic heterocycles. The minimum Gasteiger partial charge on any atom is -0.383 e. The van der Waals surface area contributed by atoms with Gasteiger partial charge in [-0.2, -0.15) is 5.10 Å². The van der Waals surface area contributed by atoms with Gasteiger partial charge in [0.1, 0.15) is 5.82 Å². The summed E-state index contributed by atoms with van der Waals surface area (Å²) in [7, 11) is 1.91. The van der Waals surface area contributed by atoms with E-state index in [-0.39, 0.29) is 0 Å². The zero-order chi connectivity index (χ0) is 14.0. The molecule has 0 radical (unpaired) electrons. The van der Waals surface area contributed by atoms with Gasteiger partial charge in [0.15, 0.2) is 5.82 Å². The number of halogens is 1. The zero-order valence-electron chi connectivity index (χ0n) is 11.4. The molecule has 0 saturated carbocycles. The van der Waals surface area contributed by atoms with Crippen molar-refractivity contribution in [2.45, 2.75) is 33.1 Å². The zero-order valence-corrected chi connectivity index (χ0v) is 13.6. The smallest absolute Gasteiger partial charge is 0.165 e. The third-order valence-corrected chi connectivity index (χ3v) is 4.09. The number of anilines is 1. The Labute approximate surface area is 126 Å². The molecule has 0 aliphatic carbocycles. The maximum absolute atomic E-state index is 6.00. The standard InChI is InChI=1S/C13H18IN5/c1-4-6-10-11(14)12(15)17-13(16-10)8-7-19(3)18-9(8)5-2/h7H,4-6H2,1-3H3,(H2,15,16,17). The summed E-state index contributed by atoms with van der Waals surface area (Å²) >= 11 is 2.22. The number of nitrogens with zero attached hydrogens (tertiary/aromatic N) is 4. The molecule has 0 unspecified atom stereocenters. The number of aryl methyl sites for hydroxylation is 3. The molecule has 19 heavy (non-hydrogen) atoms. The fraction of sp³-hybridized carbons (Fsp3) is 0.462. The molecule has 5 nitrogen and oxygen atoms in total. The molecular weight excluding hydrogens is 353 g/mol. The van der Waals surface area contributed by atoms with Crippen LogP contribution in [0, 0.1) is 3.57 Å². The van der Waals surface area contributed by atoms with Crippen LogP contribution in [0.4, 0.5) is 5.82 Å². The maximum atomic E-state index is 6.00. The van der Waals surface area contributed by atoms with E-state index in [1.165, 1.54) is 0 Å². The molecule has 2 heterocycles. The van der Waals surface area contributed by atoms with Crippen molar-refractivity contribution in [3.05, 3.63) is 21.2 Å². The summed E-state index contributed by atoms with van der Waals surface area (Å²) in [5.74, 6) is 1.24. The third kappa shape index (κ3) is 2.88. The van der Waals surface area contributed by atoms with Crippen molar-refractivity contribution in [1.29, 1.82) is 0 Å². The average Bonchev–Trinajstić information content (AvgIpc) is 2.76. The van der Waals surface area contributed by atoms with Crippen molar-refractivity contribution in [1.82, 2.24) is 19.7 Å². The molecule has 0 bridgehead atoms. The Morgan fingerprint density at radius 1 is 1.26 bits per heavy atom. The number of hydrogen-bond acceptors (Lipinski definition) is 4. The van der Waals surface area contributed by atoms with Gasteiger partial charge in [-0.15, -0.1) is 0 Å². The number of aromatic nitrogens is 4. The second kappa shape index (κ2) is 5.85. The van der Waals surface area contributed by atoms with Crippen LogP contribution in [0.5, 0.6) is 0 Å². The van der Waals surface area contributed by atoms with E-state index in [1.54, 1.807) is 4.68 Å². The van der Waals surface area contributed by atoms with Gasteiger partial charge in [-0.3, -0.25) is 4.68 Å². The lowest BCUT2D eigenvalue weighted by Crippen LogP contribution is -2.05. The Bertz CT molecular complexity index is 591. The van der Waals surface area contributed by atoms with Crippen molar-refractivity contribution in [2.24, 2.45) is 7.05 Å². The van der Waals surface area contributed by atoms with Gasteiger partial charge in [0.2, 0.25) is 0 Å². The van der Waals surface area contributed by atoms with E-state index in [0.29, 0.717) is 11.6 Å². The van der Waals surface area contributed by atoms with Gasteiger partial charge in [0, 0.05) is 13.2 Å². The van der Waals surface area contributed by atoms with Gasteiger partial charge in [-0.1, -0.05) is 20.3 Å². The van der Waals surface area contributed by atoms with Crippen LogP contribution in [0.1, 0.15) is 31.7 Å². The molecule has 0 atom stereocenters. The summed E-state index contributed by atoms with van der Waals surface area (Å²) in [5, 5.41) is 4.43. The quantitative estimate of drug-likeness (QED) is 0.839. The second-order valence-corrected chi connectivity index (χ2v) is 5.54. The minimum absolute atomic E-state index is 0.556. The fourth-order valence-corrected chi connectivity index (χ4v) is 2.53. The Morgan fingerprint density at radius 3 is 2.63 bits per heavy atom. The maximum Gasteiger partial charge on any atom is 0.165 e. The molecule has 0 aliphatic heterocycles. The predicted octanol–water partition coefficient (Wildman–Crippen LogP) is 2.58. The lowest BCUT2D eigenvalue weighted by Gasteiger charge is -2.08. The molecule has 102 valence electrons. The Kier molecular flexibility index (Phi) is 4.38. The van der Waals surface area contributed by atoms with Crippen molar-refractivity contribution in [2.75, 3.05) is 5.73 Å². The van der Waals surface area contributed by atoms with Crippen LogP contribution in [0.2, 0.25) is 0 Å². The largest absolute Gasteiger partial charge is 0.383 e. The third-order valence-electron chi connectivity index (χ3n) is 2.91. The first kappa shape index (κ1) is 14.2. The first-order valence-electron chi connectivity index (χ1n) is 6.41. The summed E-state index contributed by atoms with van der Waals surface area (Å²) in [6.07, 6.45) is 4.77. The summed E-state index contributed by atoms with van der Waals surface area (Å²) in [6, 6.07) is 0. The molecule has 6 heteroatoms. The van der Waals surface area contributed by atoms with Crippen molar-refractivity contribution in [3.63, 3.8) is 0 Å². The minimum atomic E-state index is 0.556. The van der Waals surface area contributed by atoms with Crippen LogP contribution >= 0.6 is 22.6 Å². The molecule has 0 amide bonds. The number of nitrogen functional groups attached to an aromatic ring is 1. The lowest BCUT2D eigenvalue weighted by molar-refractivity contribution is 0.746. The SMILES string of the molecule is CCCc1nc(-c2cn(C)nc2CC)nc(N)c1I. The molecule has 0 aromatic carbocycles. The highest BCUT2D eigenvalue weighted by molar-refractivity contribution is 14.1. The summed E-state index contributed by atoms with van der Waals surface area (Å²) in [5.41, 5.74) is 9.01. The summed E-state index contributed by atoms with van der Waals surface area (Å²) < 4.78 is 2.76. The van der Waals surface area contributed by atoms with Gasteiger partial charge >= 0.3 is 0 Å². The van der Waals surface area contributed by atoms with Gasteiger partial charge in [0.05, 0.1) is 20.5 Å². The highest BCUT2D eigenvalue weighted by Crippen LogP contribution is 2.25. The van der Waals surface area contributed by atoms with E-state index >= 15 is 0 Å². The van der Waals surface area contributed by atoms with E-state index in [2.05, 4.69) is 51.5 Å². The molecule has 0 saturated heterocycles. The van der Waals surface area contributed by atoms with E-state index in [9.17, 15) is 0 Å². The van der Waals surface area contributed by atoms with E-state index in [1.807, 2.05) is 13.2 Å². The molecular formula is C13H18IN5. The van der Waals surface area contributed by atoms with Gasteiger partial charge in [0.25, 0.3) is 0 Å². The first-order valence-corrected chi connectivity index (χ1v) is 7.49. The van der Waals surface area contributed by atoms with Crippen molar-refractivity contribution < 1.29 is 0 Å². The van der Waals surface area contributed by atoms with Crippen LogP contribution in [0.25, 0.3) is 11.4 Å². The van der Waals surface area contributed by atoms with Crippen LogP contribution in [-0.2, 0) is 19.9 Å². The Morgan fingerprint density at radius 2 is 2.00 bits per heavy atom. The van der Waals surface area contributed by atoms with Crippen LogP contribution in [0.3, 0.4) is 0 Å². The molecule has 2 N–H and O–H groups in total. The van der Waals surface area contributed by atoms with E-state index in [0.717, 1.165) is 39.8 Å². The molecule has 0 aliphatic rings. The van der Waals surface area contributed by atoms with Crippen LogP contribution < -0.4 is 5.73 Å². The summed E-state index contributed by atoms with van der Waals surface area (Å²) in [4.78, 5) is 9.08. The number of rotatable bonds is 4. The normalized spacial score (nSPS) is 10.9. The molecule has 2 aromatic rings. The first-order chi connectivity index (χ1) is 9.06. The van der Waals surface area contributed by atoms with Gasteiger partial charge in [-0.25, -0.2) is 9.97 Å². The van der Waals surface area contributed by atoms with E-state index in [4.69, 9.17) is 5.73 Å². The topological polar surface area (TPSA) is 69.6 Å². The lowest BCUT2D eigenvalue weighted by atomic mass is 10.2. The highest BCUT2D eigenvalue weighted by Gasteiger charge is 2.15. The monoisotopic (exact) mass is 371 g/mol. The highest BCUT2D eigenvalue weighted by atomic mass is 127. The number of hydrogen-bond donors (Lipinski definition) is 1. The van der Waals surface area contributed by atoms with Gasteiger partial charge < -0.3 is 5.73 Å². The average molecular weight is 371 g/mol. The molecule has 0 fully saturated rings. The second-order valence-electron chi connectivity index (χ2n) is 4.46. The fourth-order valence-electron chi connectivity index (χ4n) is 2.02.